The second-order valence-corrected chi connectivity index (χ2v) is 5.74. The first-order valence-corrected chi connectivity index (χ1v) is 7.68. The van der Waals surface area contributed by atoms with Gasteiger partial charge in [-0.15, -0.1) is 0 Å². The number of rotatable bonds is 3. The molecule has 9 heteroatoms. The normalized spacial score (nSPS) is 11.4. The van der Waals surface area contributed by atoms with Crippen LogP contribution in [0.2, 0.25) is 10.0 Å². The summed E-state index contributed by atoms with van der Waals surface area (Å²) in [7, 11) is 0. The highest BCUT2D eigenvalue weighted by atomic mass is 35.5. The number of alkyl halides is 3. The maximum Gasteiger partial charge on any atom is 0.433 e. The van der Waals surface area contributed by atoms with Crippen LogP contribution in [-0.4, -0.2) is 15.0 Å². The van der Waals surface area contributed by atoms with E-state index in [-0.39, 0.29) is 22.4 Å². The molecule has 3 rings (SSSR count). The number of nitrogens with one attached hydrogen (secondary N) is 1. The second kappa shape index (κ2) is 6.85. The molecule has 2 heterocycles. The van der Waals surface area contributed by atoms with E-state index in [2.05, 4.69) is 20.3 Å². The Morgan fingerprint density at radius 1 is 0.920 bits per heavy atom. The van der Waals surface area contributed by atoms with Gasteiger partial charge in [0, 0.05) is 18.0 Å². The van der Waals surface area contributed by atoms with Crippen LogP contribution < -0.4 is 5.32 Å². The van der Waals surface area contributed by atoms with Crippen molar-refractivity contribution in [1.29, 1.82) is 0 Å². The van der Waals surface area contributed by atoms with Crippen LogP contribution in [0.1, 0.15) is 5.69 Å². The molecule has 0 fully saturated rings. The lowest BCUT2D eigenvalue weighted by molar-refractivity contribution is -0.141. The lowest BCUT2D eigenvalue weighted by Crippen LogP contribution is -2.11. The summed E-state index contributed by atoms with van der Waals surface area (Å²) in [5, 5.41) is 3.37. The molecule has 25 heavy (non-hydrogen) atoms. The summed E-state index contributed by atoms with van der Waals surface area (Å²) < 4.78 is 39.4. The molecule has 4 nitrogen and oxygen atoms in total. The van der Waals surface area contributed by atoms with Crippen LogP contribution in [0.15, 0.2) is 48.7 Å². The van der Waals surface area contributed by atoms with Crippen molar-refractivity contribution in [2.45, 2.75) is 6.18 Å². The molecule has 0 aliphatic heterocycles. The SMILES string of the molecule is FC(F)(F)c1cc(Nc2ccc(Cl)c(Cl)c2)nc(-c2ccccn2)n1. The topological polar surface area (TPSA) is 50.7 Å². The van der Waals surface area contributed by atoms with Crippen molar-refractivity contribution < 1.29 is 13.2 Å². The van der Waals surface area contributed by atoms with Crippen LogP contribution >= 0.6 is 23.2 Å². The third kappa shape index (κ3) is 4.18. The summed E-state index contributed by atoms with van der Waals surface area (Å²) in [6.07, 6.45) is -3.18. The van der Waals surface area contributed by atoms with Crippen LogP contribution in [0, 0.1) is 0 Å². The molecular weight excluding hydrogens is 376 g/mol. The monoisotopic (exact) mass is 384 g/mol. The molecule has 0 saturated carbocycles. The molecule has 1 N–H and O–H groups in total. The number of halogens is 5. The summed E-state index contributed by atoms with van der Waals surface area (Å²) in [6.45, 7) is 0. The highest BCUT2D eigenvalue weighted by Crippen LogP contribution is 2.32. The van der Waals surface area contributed by atoms with Gasteiger partial charge in [0.05, 0.1) is 10.0 Å². The molecule has 0 aliphatic carbocycles. The average molecular weight is 385 g/mol. The van der Waals surface area contributed by atoms with E-state index in [1.165, 1.54) is 24.4 Å². The molecule has 0 aliphatic rings. The van der Waals surface area contributed by atoms with Crippen molar-refractivity contribution >= 4 is 34.7 Å². The molecule has 1 aromatic carbocycles. The van der Waals surface area contributed by atoms with E-state index in [0.717, 1.165) is 6.07 Å². The summed E-state index contributed by atoms with van der Waals surface area (Å²) in [6, 6.07) is 10.2. The number of benzene rings is 1. The van der Waals surface area contributed by atoms with E-state index < -0.39 is 11.9 Å². The van der Waals surface area contributed by atoms with Crippen molar-refractivity contribution in [1.82, 2.24) is 15.0 Å². The van der Waals surface area contributed by atoms with E-state index >= 15 is 0 Å². The molecule has 128 valence electrons. The third-order valence-electron chi connectivity index (χ3n) is 3.10. The Morgan fingerprint density at radius 3 is 2.36 bits per heavy atom. The largest absolute Gasteiger partial charge is 0.433 e. The zero-order valence-corrected chi connectivity index (χ0v) is 13.9. The lowest BCUT2D eigenvalue weighted by Gasteiger charge is -2.12. The highest BCUT2D eigenvalue weighted by molar-refractivity contribution is 6.42. The van der Waals surface area contributed by atoms with E-state index in [0.29, 0.717) is 10.7 Å². The molecule has 0 spiro atoms. The molecule has 0 radical (unpaired) electrons. The minimum absolute atomic E-state index is 0.0404. The Kier molecular flexibility index (Phi) is 4.78. The zero-order valence-electron chi connectivity index (χ0n) is 12.4. The highest BCUT2D eigenvalue weighted by Gasteiger charge is 2.34. The molecular formula is C16H9Cl2F3N4. The first-order chi connectivity index (χ1) is 11.8. The molecule has 0 amide bonds. The molecule has 0 bridgehead atoms. The van der Waals surface area contributed by atoms with Gasteiger partial charge < -0.3 is 5.32 Å². The van der Waals surface area contributed by atoms with E-state index in [1.54, 1.807) is 18.2 Å². The predicted octanol–water partition coefficient (Wildman–Crippen LogP) is 5.61. The van der Waals surface area contributed by atoms with Gasteiger partial charge in [-0.05, 0) is 30.3 Å². The number of hydrogen-bond acceptors (Lipinski definition) is 4. The van der Waals surface area contributed by atoms with E-state index in [1.807, 2.05) is 0 Å². The zero-order chi connectivity index (χ0) is 18.0. The first kappa shape index (κ1) is 17.4. The van der Waals surface area contributed by atoms with Gasteiger partial charge in [0.1, 0.15) is 11.5 Å². The average Bonchev–Trinajstić information content (AvgIpc) is 2.58. The number of pyridine rings is 1. The fraction of sp³-hybridized carbons (Fsp3) is 0.0625. The van der Waals surface area contributed by atoms with Gasteiger partial charge in [0.25, 0.3) is 0 Å². The van der Waals surface area contributed by atoms with Crippen LogP contribution in [0.25, 0.3) is 11.5 Å². The fourth-order valence-electron chi connectivity index (χ4n) is 1.99. The minimum Gasteiger partial charge on any atom is -0.340 e. The Labute approximate surface area is 150 Å². The van der Waals surface area contributed by atoms with Crippen molar-refractivity contribution in [2.75, 3.05) is 5.32 Å². The van der Waals surface area contributed by atoms with Gasteiger partial charge in [-0.1, -0.05) is 29.3 Å². The van der Waals surface area contributed by atoms with Gasteiger partial charge in [-0.2, -0.15) is 13.2 Å². The fourth-order valence-corrected chi connectivity index (χ4v) is 2.29. The number of aromatic nitrogens is 3. The van der Waals surface area contributed by atoms with Crippen molar-refractivity contribution in [3.63, 3.8) is 0 Å². The number of nitrogens with zero attached hydrogens (tertiary/aromatic N) is 3. The Morgan fingerprint density at radius 2 is 1.72 bits per heavy atom. The molecule has 2 aromatic heterocycles. The minimum atomic E-state index is -4.62. The maximum atomic E-state index is 13.1. The third-order valence-corrected chi connectivity index (χ3v) is 3.84. The molecule has 0 atom stereocenters. The summed E-state index contributed by atoms with van der Waals surface area (Å²) in [4.78, 5) is 11.7. The number of hydrogen-bond donors (Lipinski definition) is 1. The molecule has 0 unspecified atom stereocenters. The summed E-state index contributed by atoms with van der Waals surface area (Å²) in [5.74, 6) is -0.181. The lowest BCUT2D eigenvalue weighted by atomic mass is 10.3. The van der Waals surface area contributed by atoms with E-state index in [4.69, 9.17) is 23.2 Å². The van der Waals surface area contributed by atoms with Crippen LogP contribution in [0.4, 0.5) is 24.7 Å². The summed E-state index contributed by atoms with van der Waals surface area (Å²) >= 11 is 11.7. The Bertz CT molecular complexity index is 902. The van der Waals surface area contributed by atoms with Crippen LogP contribution in [0.3, 0.4) is 0 Å². The number of anilines is 2. The Balaban J connectivity index is 2.04. The van der Waals surface area contributed by atoms with Gasteiger partial charge in [-0.25, -0.2) is 9.97 Å². The van der Waals surface area contributed by atoms with Gasteiger partial charge in [0.15, 0.2) is 11.5 Å². The van der Waals surface area contributed by atoms with Gasteiger partial charge in [0.2, 0.25) is 0 Å². The van der Waals surface area contributed by atoms with Crippen LogP contribution in [0.5, 0.6) is 0 Å². The quantitative estimate of drug-likeness (QED) is 0.637. The van der Waals surface area contributed by atoms with Crippen molar-refractivity contribution in [2.24, 2.45) is 0 Å². The molecule has 3 aromatic rings. The Hall–Kier alpha value is -2.38. The second-order valence-electron chi connectivity index (χ2n) is 4.93. The van der Waals surface area contributed by atoms with Crippen molar-refractivity contribution in [3.8, 4) is 11.5 Å². The first-order valence-electron chi connectivity index (χ1n) is 6.93. The van der Waals surface area contributed by atoms with Gasteiger partial charge >= 0.3 is 6.18 Å². The predicted molar refractivity (Wildman–Crippen MR) is 90.0 cm³/mol. The smallest absolute Gasteiger partial charge is 0.340 e. The van der Waals surface area contributed by atoms with E-state index in [9.17, 15) is 13.2 Å². The van der Waals surface area contributed by atoms with Crippen molar-refractivity contribution in [3.05, 3.63) is 64.4 Å². The standard InChI is InChI=1S/C16H9Cl2F3N4/c17-10-5-4-9(7-11(10)18)23-14-8-13(16(19,20)21)24-15(25-14)12-3-1-2-6-22-12/h1-8H,(H,23,24,25). The van der Waals surface area contributed by atoms with Gasteiger partial charge in [-0.3, -0.25) is 4.98 Å². The molecule has 0 saturated heterocycles. The summed E-state index contributed by atoms with van der Waals surface area (Å²) in [5.41, 5.74) is -0.412. The maximum absolute atomic E-state index is 13.1. The van der Waals surface area contributed by atoms with Crippen LogP contribution in [-0.2, 0) is 6.18 Å².